The van der Waals surface area contributed by atoms with Gasteiger partial charge in [-0.1, -0.05) is 147 Å². The summed E-state index contributed by atoms with van der Waals surface area (Å²) >= 11 is 0. The molecule has 2 heteroatoms. The van der Waals surface area contributed by atoms with Gasteiger partial charge in [-0.15, -0.1) is 0 Å². The molecule has 0 saturated heterocycles. The summed E-state index contributed by atoms with van der Waals surface area (Å²) in [6.07, 6.45) is 42.3. The Morgan fingerprint density at radius 3 is 1.64 bits per heavy atom. The lowest BCUT2D eigenvalue weighted by Crippen LogP contribution is -2.04. The molecule has 0 aliphatic carbocycles. The summed E-state index contributed by atoms with van der Waals surface area (Å²) in [5.74, 6) is 2.45. The summed E-state index contributed by atoms with van der Waals surface area (Å²) in [5.41, 5.74) is 1.34. The predicted molar refractivity (Wildman–Crippen MR) is 188 cm³/mol. The zero-order valence-electron chi connectivity index (χ0n) is 28.9. The van der Waals surface area contributed by atoms with Crippen molar-refractivity contribution in [3.63, 3.8) is 0 Å². The molecular formula is C40H70O2. The molecule has 0 radical (unpaired) electrons. The van der Waals surface area contributed by atoms with E-state index in [1.807, 2.05) is 0 Å². The van der Waals surface area contributed by atoms with Gasteiger partial charge in [0.05, 0.1) is 0 Å². The van der Waals surface area contributed by atoms with Crippen LogP contribution >= 0.6 is 0 Å². The van der Waals surface area contributed by atoms with Gasteiger partial charge >= 0.3 is 5.97 Å². The van der Waals surface area contributed by atoms with E-state index in [-0.39, 0.29) is 5.97 Å². The van der Waals surface area contributed by atoms with Crippen molar-refractivity contribution < 1.29 is 9.53 Å². The van der Waals surface area contributed by atoms with Crippen molar-refractivity contribution in [1.82, 2.24) is 0 Å². The second-order valence-corrected chi connectivity index (χ2v) is 13.1. The highest BCUT2D eigenvalue weighted by atomic mass is 16.5. The van der Waals surface area contributed by atoms with Gasteiger partial charge in [-0.05, 0) is 88.5 Å². The molecule has 0 fully saturated rings. The van der Waals surface area contributed by atoms with Crippen LogP contribution in [0.5, 0.6) is 0 Å². The van der Waals surface area contributed by atoms with Gasteiger partial charge in [-0.3, -0.25) is 4.79 Å². The number of esters is 1. The number of unbranched alkanes of at least 4 members (excludes halogenated alkanes) is 4. The van der Waals surface area contributed by atoms with Crippen LogP contribution < -0.4 is 0 Å². The smallest absolute Gasteiger partial charge is 0.306 e. The van der Waals surface area contributed by atoms with Gasteiger partial charge in [0, 0.05) is 6.42 Å². The molecule has 0 aromatic heterocycles. The Morgan fingerprint density at radius 2 is 1.10 bits per heavy atom. The van der Waals surface area contributed by atoms with Gasteiger partial charge in [0.1, 0.15) is 6.61 Å². The van der Waals surface area contributed by atoms with Crippen molar-refractivity contribution in [1.29, 1.82) is 0 Å². The molecule has 0 saturated carbocycles. The fourth-order valence-corrected chi connectivity index (χ4v) is 5.08. The van der Waals surface area contributed by atoms with Crippen molar-refractivity contribution in [2.75, 3.05) is 6.61 Å². The van der Waals surface area contributed by atoms with Gasteiger partial charge in [-0.2, -0.15) is 0 Å². The fourth-order valence-electron chi connectivity index (χ4n) is 5.08. The lowest BCUT2D eigenvalue weighted by molar-refractivity contribution is -0.142. The largest absolute Gasteiger partial charge is 0.461 e. The highest BCUT2D eigenvalue weighted by Crippen LogP contribution is 2.22. The molecule has 0 aliphatic heterocycles. The number of allylic oxidation sites excluding steroid dienone is 9. The third kappa shape index (κ3) is 31.1. The molecule has 42 heavy (non-hydrogen) atoms. The maximum Gasteiger partial charge on any atom is 0.306 e. The Balaban J connectivity index is 3.71. The van der Waals surface area contributed by atoms with E-state index < -0.39 is 0 Å². The van der Waals surface area contributed by atoms with Gasteiger partial charge in [-0.25, -0.2) is 0 Å². The minimum atomic E-state index is -0.0815. The summed E-state index contributed by atoms with van der Waals surface area (Å²) in [7, 11) is 0. The van der Waals surface area contributed by atoms with Crippen molar-refractivity contribution in [2.45, 2.75) is 164 Å². The zero-order chi connectivity index (χ0) is 31.1. The molecule has 242 valence electrons. The van der Waals surface area contributed by atoms with Gasteiger partial charge in [0.25, 0.3) is 0 Å². The maximum atomic E-state index is 12.0. The van der Waals surface area contributed by atoms with Crippen LogP contribution in [-0.2, 0) is 9.53 Å². The summed E-state index contributed by atoms with van der Waals surface area (Å²) < 4.78 is 5.42. The SMILES string of the molecule is CCCCCC=CCC=CCC=CCC=CCCCC(=O)OCC=C(C)CCCC(C)CCCC(C)CCCC(C)C. The van der Waals surface area contributed by atoms with E-state index in [0.29, 0.717) is 13.0 Å². The van der Waals surface area contributed by atoms with Gasteiger partial charge in [0.2, 0.25) is 0 Å². The summed E-state index contributed by atoms with van der Waals surface area (Å²) in [5, 5.41) is 0. The average Bonchev–Trinajstić information content (AvgIpc) is 2.94. The Morgan fingerprint density at radius 1 is 0.595 bits per heavy atom. The van der Waals surface area contributed by atoms with Crippen LogP contribution in [0.3, 0.4) is 0 Å². The monoisotopic (exact) mass is 583 g/mol. The molecule has 0 aromatic carbocycles. The van der Waals surface area contributed by atoms with Crippen LogP contribution in [0.15, 0.2) is 60.3 Å². The molecule has 0 spiro atoms. The van der Waals surface area contributed by atoms with Gasteiger partial charge in [0.15, 0.2) is 0 Å². The second-order valence-electron chi connectivity index (χ2n) is 13.1. The lowest BCUT2D eigenvalue weighted by atomic mass is 9.91. The first kappa shape index (κ1) is 40.2. The van der Waals surface area contributed by atoms with Crippen molar-refractivity contribution in [2.24, 2.45) is 17.8 Å². The minimum Gasteiger partial charge on any atom is -0.461 e. The van der Waals surface area contributed by atoms with E-state index in [4.69, 9.17) is 4.74 Å². The molecule has 0 aromatic rings. The van der Waals surface area contributed by atoms with Crippen LogP contribution in [0.4, 0.5) is 0 Å². The van der Waals surface area contributed by atoms with Crippen LogP contribution in [0.1, 0.15) is 164 Å². The van der Waals surface area contributed by atoms with E-state index >= 15 is 0 Å². The lowest BCUT2D eigenvalue weighted by Gasteiger charge is -2.15. The standard InChI is InChI=1S/C40H70O2/c1-7-8-9-10-11-12-13-14-15-16-17-18-19-20-21-22-23-33-40(41)42-35-34-39(6)32-26-31-38(5)30-25-29-37(4)28-24-27-36(2)3/h11-12,14-15,17-18,20-21,34,36-38H,7-10,13,16,19,22-33,35H2,1-6H3. The maximum absolute atomic E-state index is 12.0. The first-order valence-electron chi connectivity index (χ1n) is 17.8. The number of rotatable bonds is 28. The fraction of sp³-hybridized carbons (Fsp3) is 0.725. The molecule has 0 amide bonds. The number of carbonyl (C=O) groups excluding carboxylic acids is 1. The van der Waals surface area contributed by atoms with Crippen molar-refractivity contribution in [3.8, 4) is 0 Å². The topological polar surface area (TPSA) is 26.3 Å². The van der Waals surface area contributed by atoms with E-state index in [2.05, 4.69) is 96.2 Å². The molecule has 0 aliphatic rings. The quantitative estimate of drug-likeness (QED) is 0.0521. The highest BCUT2D eigenvalue weighted by Gasteiger charge is 2.07. The van der Waals surface area contributed by atoms with Gasteiger partial charge < -0.3 is 4.74 Å². The minimum absolute atomic E-state index is 0.0815. The Bertz CT molecular complexity index is 752. The van der Waals surface area contributed by atoms with Crippen LogP contribution in [0.2, 0.25) is 0 Å². The zero-order valence-corrected chi connectivity index (χ0v) is 28.9. The van der Waals surface area contributed by atoms with E-state index in [1.165, 1.54) is 82.6 Å². The molecule has 2 nitrogen and oxygen atoms in total. The van der Waals surface area contributed by atoms with Crippen LogP contribution in [0, 0.1) is 17.8 Å². The molecule has 2 atom stereocenters. The highest BCUT2D eigenvalue weighted by molar-refractivity contribution is 5.69. The predicted octanol–water partition coefficient (Wildman–Crippen LogP) is 13.1. The Labute approximate surface area is 263 Å². The number of ether oxygens (including phenoxy) is 1. The van der Waals surface area contributed by atoms with E-state index in [1.54, 1.807) is 0 Å². The molecule has 0 rings (SSSR count). The number of hydrogen-bond acceptors (Lipinski definition) is 2. The van der Waals surface area contributed by atoms with Crippen LogP contribution in [-0.4, -0.2) is 12.6 Å². The Kier molecular flexibility index (Phi) is 29.3. The third-order valence-electron chi connectivity index (χ3n) is 8.03. The molecule has 0 bridgehead atoms. The summed E-state index contributed by atoms with van der Waals surface area (Å²) in [6.45, 7) is 14.3. The van der Waals surface area contributed by atoms with E-state index in [0.717, 1.165) is 56.3 Å². The second kappa shape index (κ2) is 30.6. The molecular weight excluding hydrogens is 512 g/mol. The first-order chi connectivity index (χ1) is 20.3. The normalized spacial score (nSPS) is 14.3. The van der Waals surface area contributed by atoms with E-state index in [9.17, 15) is 4.79 Å². The van der Waals surface area contributed by atoms with Crippen LogP contribution in [0.25, 0.3) is 0 Å². The Hall–Kier alpha value is -1.83. The first-order valence-corrected chi connectivity index (χ1v) is 17.8. The molecule has 0 heterocycles. The van der Waals surface area contributed by atoms with Crippen molar-refractivity contribution in [3.05, 3.63) is 60.3 Å². The number of carbonyl (C=O) groups is 1. The summed E-state index contributed by atoms with van der Waals surface area (Å²) in [6, 6.07) is 0. The average molecular weight is 583 g/mol. The number of hydrogen-bond donors (Lipinski definition) is 0. The van der Waals surface area contributed by atoms with Crippen molar-refractivity contribution >= 4 is 5.97 Å². The molecule has 2 unspecified atom stereocenters. The molecule has 0 N–H and O–H groups in total. The summed E-state index contributed by atoms with van der Waals surface area (Å²) in [4.78, 5) is 12.0. The third-order valence-corrected chi connectivity index (χ3v) is 8.03.